The minimum absolute atomic E-state index is 0.0118. The van der Waals surface area contributed by atoms with E-state index >= 15 is 0 Å². The minimum atomic E-state index is 0.0118. The molecule has 1 atom stereocenters. The molecule has 8 nitrogen and oxygen atoms in total. The van der Waals surface area contributed by atoms with E-state index in [4.69, 9.17) is 26.1 Å². The number of ether oxygens (including phenoxy) is 2. The largest absolute Gasteiger partial charge is 0.454 e. The average Bonchev–Trinajstić information content (AvgIpc) is 3.60. The second kappa shape index (κ2) is 10.8. The third-order valence-electron chi connectivity index (χ3n) is 7.30. The minimum Gasteiger partial charge on any atom is -0.454 e. The van der Waals surface area contributed by atoms with Crippen LogP contribution >= 0.6 is 23.1 Å². The van der Waals surface area contributed by atoms with Gasteiger partial charge in [0.25, 0.3) is 0 Å². The van der Waals surface area contributed by atoms with E-state index in [-0.39, 0.29) is 11.8 Å². The van der Waals surface area contributed by atoms with Crippen LogP contribution in [0.3, 0.4) is 0 Å². The summed E-state index contributed by atoms with van der Waals surface area (Å²) in [5.41, 5.74) is 2.34. The third-order valence-corrected chi connectivity index (χ3v) is 8.37. The van der Waals surface area contributed by atoms with Crippen LogP contribution in [-0.2, 0) is 17.8 Å². The summed E-state index contributed by atoms with van der Waals surface area (Å²) in [5.74, 6) is 2.73. The van der Waals surface area contributed by atoms with Gasteiger partial charge in [0.1, 0.15) is 5.82 Å². The molecule has 6 rings (SSSR count). The molecule has 1 unspecified atom stereocenters. The predicted octanol–water partition coefficient (Wildman–Crippen LogP) is 4.07. The SMILES string of the molecule is O=C(C1CCCN(c2nc(Cc3ccc(Cl)cc3)ns2)C1)N1CCN(Cc2ccc3c(c2)OCO3)CC1. The fraction of sp³-hybridized carbons (Fsp3) is 0.444. The lowest BCUT2D eigenvalue weighted by Gasteiger charge is -2.39. The third kappa shape index (κ3) is 5.68. The number of carbonyl (C=O) groups is 1. The van der Waals surface area contributed by atoms with Crippen molar-refractivity contribution >= 4 is 34.2 Å². The molecule has 0 saturated carbocycles. The number of aromatic nitrogens is 2. The Morgan fingerprint density at radius 3 is 2.62 bits per heavy atom. The monoisotopic (exact) mass is 539 g/mol. The van der Waals surface area contributed by atoms with Crippen molar-refractivity contribution in [1.29, 1.82) is 0 Å². The molecule has 0 radical (unpaired) electrons. The maximum atomic E-state index is 13.4. The first-order valence-corrected chi connectivity index (χ1v) is 14.0. The summed E-state index contributed by atoms with van der Waals surface area (Å²) in [6.07, 6.45) is 2.61. The van der Waals surface area contributed by atoms with Crippen molar-refractivity contribution in [3.05, 3.63) is 64.4 Å². The van der Waals surface area contributed by atoms with E-state index in [1.807, 2.05) is 30.3 Å². The summed E-state index contributed by atoms with van der Waals surface area (Å²) in [7, 11) is 0. The van der Waals surface area contributed by atoms with Crippen molar-refractivity contribution in [1.82, 2.24) is 19.2 Å². The van der Waals surface area contributed by atoms with Crippen LogP contribution in [0.1, 0.15) is 29.8 Å². The normalized spacial score (nSPS) is 19.9. The molecule has 37 heavy (non-hydrogen) atoms. The van der Waals surface area contributed by atoms with Gasteiger partial charge in [-0.05, 0) is 48.2 Å². The highest BCUT2D eigenvalue weighted by atomic mass is 35.5. The molecule has 0 spiro atoms. The molecule has 4 heterocycles. The van der Waals surface area contributed by atoms with Crippen LogP contribution in [0.15, 0.2) is 42.5 Å². The summed E-state index contributed by atoms with van der Waals surface area (Å²) in [4.78, 5) is 24.9. The Kier molecular flexibility index (Phi) is 7.17. The summed E-state index contributed by atoms with van der Waals surface area (Å²) in [5, 5.41) is 1.64. The Bertz CT molecular complexity index is 1250. The number of piperidine rings is 1. The lowest BCUT2D eigenvalue weighted by atomic mass is 9.96. The maximum Gasteiger partial charge on any atom is 0.231 e. The van der Waals surface area contributed by atoms with E-state index in [1.54, 1.807) is 0 Å². The van der Waals surface area contributed by atoms with Crippen LogP contribution in [-0.4, -0.2) is 71.1 Å². The molecular formula is C27H30ClN5O3S. The van der Waals surface area contributed by atoms with Gasteiger partial charge in [-0.1, -0.05) is 29.8 Å². The predicted molar refractivity (Wildman–Crippen MR) is 144 cm³/mol. The number of nitrogens with zero attached hydrogens (tertiary/aromatic N) is 5. The van der Waals surface area contributed by atoms with Crippen molar-refractivity contribution in [2.45, 2.75) is 25.8 Å². The van der Waals surface area contributed by atoms with Crippen LogP contribution < -0.4 is 14.4 Å². The number of piperazine rings is 1. The van der Waals surface area contributed by atoms with Crippen molar-refractivity contribution < 1.29 is 14.3 Å². The van der Waals surface area contributed by atoms with Crippen LogP contribution in [0.2, 0.25) is 5.02 Å². The zero-order valence-electron chi connectivity index (χ0n) is 20.6. The Balaban J connectivity index is 1.01. The molecule has 3 aliphatic rings. The number of anilines is 1. The summed E-state index contributed by atoms with van der Waals surface area (Å²) < 4.78 is 15.5. The van der Waals surface area contributed by atoms with E-state index in [0.717, 1.165) is 85.2 Å². The lowest BCUT2D eigenvalue weighted by Crippen LogP contribution is -2.52. The first kappa shape index (κ1) is 24.5. The van der Waals surface area contributed by atoms with Crippen LogP contribution in [0, 0.1) is 5.92 Å². The van der Waals surface area contributed by atoms with E-state index in [2.05, 4.69) is 31.2 Å². The van der Waals surface area contributed by atoms with E-state index in [0.29, 0.717) is 19.8 Å². The highest BCUT2D eigenvalue weighted by Crippen LogP contribution is 2.33. The topological polar surface area (TPSA) is 71.0 Å². The zero-order valence-corrected chi connectivity index (χ0v) is 22.2. The van der Waals surface area contributed by atoms with Crippen molar-refractivity contribution in [3.63, 3.8) is 0 Å². The van der Waals surface area contributed by atoms with E-state index in [1.165, 1.54) is 17.1 Å². The maximum absolute atomic E-state index is 13.4. The Hall–Kier alpha value is -2.88. The Morgan fingerprint density at radius 1 is 1.00 bits per heavy atom. The smallest absolute Gasteiger partial charge is 0.231 e. The first-order valence-electron chi connectivity index (χ1n) is 12.8. The van der Waals surface area contributed by atoms with Crippen molar-refractivity contribution in [2.24, 2.45) is 5.92 Å². The number of benzene rings is 2. The second-order valence-corrected chi connectivity index (χ2v) is 11.0. The molecule has 3 aliphatic heterocycles. The van der Waals surface area contributed by atoms with Crippen LogP contribution in [0.4, 0.5) is 5.13 Å². The summed E-state index contributed by atoms with van der Waals surface area (Å²) in [6, 6.07) is 13.9. The fourth-order valence-electron chi connectivity index (χ4n) is 5.26. The van der Waals surface area contributed by atoms with Gasteiger partial charge in [0, 0.05) is 68.8 Å². The number of amides is 1. The number of hydrogen-bond donors (Lipinski definition) is 0. The van der Waals surface area contributed by atoms with Gasteiger partial charge in [-0.3, -0.25) is 9.69 Å². The molecule has 2 fully saturated rings. The van der Waals surface area contributed by atoms with Gasteiger partial charge in [0.05, 0.1) is 5.92 Å². The van der Waals surface area contributed by atoms with Gasteiger partial charge in [0.2, 0.25) is 17.8 Å². The van der Waals surface area contributed by atoms with Crippen LogP contribution in [0.25, 0.3) is 0 Å². The standard InChI is InChI=1S/C27H30ClN5O3S/c28-22-6-3-19(4-7-22)15-25-29-27(37-30-25)33-9-1-2-21(17-33)26(34)32-12-10-31(11-13-32)16-20-5-8-23-24(14-20)36-18-35-23/h3-8,14,21H,1-2,9-13,15-18H2. The lowest BCUT2D eigenvalue weighted by molar-refractivity contribution is -0.137. The number of fused-ring (bicyclic) bond motifs is 1. The van der Waals surface area contributed by atoms with Gasteiger partial charge < -0.3 is 19.3 Å². The van der Waals surface area contributed by atoms with E-state index in [9.17, 15) is 4.79 Å². The summed E-state index contributed by atoms with van der Waals surface area (Å²) >= 11 is 7.42. The molecule has 2 aromatic carbocycles. The highest BCUT2D eigenvalue weighted by molar-refractivity contribution is 7.09. The van der Waals surface area contributed by atoms with E-state index < -0.39 is 0 Å². The first-order chi connectivity index (χ1) is 18.1. The van der Waals surface area contributed by atoms with Crippen molar-refractivity contribution in [3.8, 4) is 11.5 Å². The number of halogens is 1. The molecule has 0 bridgehead atoms. The number of hydrogen-bond acceptors (Lipinski definition) is 8. The molecule has 0 aliphatic carbocycles. The molecule has 2 saturated heterocycles. The number of carbonyl (C=O) groups excluding carboxylic acids is 1. The fourth-order valence-corrected chi connectivity index (χ4v) is 6.11. The Labute approximate surface area is 225 Å². The van der Waals surface area contributed by atoms with Gasteiger partial charge >= 0.3 is 0 Å². The Morgan fingerprint density at radius 2 is 1.78 bits per heavy atom. The molecule has 1 amide bonds. The quantitative estimate of drug-likeness (QED) is 0.467. The number of rotatable bonds is 6. The molecule has 3 aromatic rings. The molecular weight excluding hydrogens is 510 g/mol. The van der Waals surface area contributed by atoms with Gasteiger partial charge in [0.15, 0.2) is 11.5 Å². The van der Waals surface area contributed by atoms with Crippen LogP contribution in [0.5, 0.6) is 11.5 Å². The molecule has 0 N–H and O–H groups in total. The van der Waals surface area contributed by atoms with Gasteiger partial charge in [-0.15, -0.1) is 0 Å². The molecule has 194 valence electrons. The summed E-state index contributed by atoms with van der Waals surface area (Å²) in [6.45, 7) is 6.07. The van der Waals surface area contributed by atoms with Gasteiger partial charge in [-0.2, -0.15) is 4.37 Å². The average molecular weight is 540 g/mol. The highest BCUT2D eigenvalue weighted by Gasteiger charge is 2.32. The molecule has 10 heteroatoms. The second-order valence-electron chi connectivity index (χ2n) is 9.87. The molecule has 1 aromatic heterocycles. The zero-order chi connectivity index (χ0) is 25.2. The van der Waals surface area contributed by atoms with Crippen molar-refractivity contribution in [2.75, 3.05) is 51.0 Å². The van der Waals surface area contributed by atoms with Gasteiger partial charge in [-0.25, -0.2) is 4.98 Å².